The van der Waals surface area contributed by atoms with Crippen molar-refractivity contribution in [3.63, 3.8) is 0 Å². The maximum Gasteiger partial charge on any atom is 0.414 e. The molecule has 1 atom stereocenters. The van der Waals surface area contributed by atoms with Crippen LogP contribution in [-0.2, 0) is 14.3 Å². The average molecular weight is 535 g/mol. The number of methoxy groups -OCH3 is 1. The minimum atomic E-state index is -0.533. The Morgan fingerprint density at radius 3 is 2.82 bits per heavy atom. The number of pyridine rings is 2. The van der Waals surface area contributed by atoms with Gasteiger partial charge >= 0.3 is 6.09 Å². The third kappa shape index (κ3) is 4.67. The lowest BCUT2D eigenvalue weighted by Crippen LogP contribution is -2.49. The first-order chi connectivity index (χ1) is 18.5. The maximum atomic E-state index is 13.1. The number of thioether (sulfide) groups is 1. The second kappa shape index (κ2) is 10.0. The van der Waals surface area contributed by atoms with Crippen LogP contribution in [0.15, 0.2) is 47.5 Å². The first-order valence-corrected chi connectivity index (χ1v) is 13.3. The molecule has 1 N–H and O–H groups in total. The van der Waals surface area contributed by atoms with E-state index < -0.39 is 12.2 Å². The van der Waals surface area contributed by atoms with E-state index in [1.807, 2.05) is 29.2 Å². The Morgan fingerprint density at radius 1 is 1.16 bits per heavy atom. The predicted molar refractivity (Wildman–Crippen MR) is 143 cm³/mol. The van der Waals surface area contributed by atoms with E-state index in [0.29, 0.717) is 49.2 Å². The van der Waals surface area contributed by atoms with Gasteiger partial charge in [0.25, 0.3) is 0 Å². The molecule has 0 saturated carbocycles. The smallest absolute Gasteiger partial charge is 0.414 e. The van der Waals surface area contributed by atoms with E-state index in [2.05, 4.69) is 20.2 Å². The van der Waals surface area contributed by atoms with E-state index in [9.17, 15) is 14.4 Å². The summed E-state index contributed by atoms with van der Waals surface area (Å²) < 4.78 is 10.8. The molecular weight excluding hydrogens is 508 g/mol. The number of anilines is 3. The fourth-order valence-corrected chi connectivity index (χ4v) is 5.75. The number of rotatable bonds is 5. The van der Waals surface area contributed by atoms with Gasteiger partial charge in [-0.05, 0) is 30.3 Å². The fraction of sp³-hybridized carbons (Fsp3) is 0.346. The molecule has 196 valence electrons. The van der Waals surface area contributed by atoms with Gasteiger partial charge in [-0.25, -0.2) is 9.78 Å². The van der Waals surface area contributed by atoms with Crippen molar-refractivity contribution in [1.29, 1.82) is 0 Å². The monoisotopic (exact) mass is 534 g/mol. The molecule has 3 amide bonds. The number of ether oxygens (including phenoxy) is 2. The van der Waals surface area contributed by atoms with Crippen molar-refractivity contribution >= 4 is 57.8 Å². The number of amides is 3. The third-order valence-electron chi connectivity index (χ3n) is 6.90. The van der Waals surface area contributed by atoms with Crippen molar-refractivity contribution in [2.45, 2.75) is 17.4 Å². The molecule has 38 heavy (non-hydrogen) atoms. The second-order valence-electron chi connectivity index (χ2n) is 9.26. The summed E-state index contributed by atoms with van der Waals surface area (Å²) in [6, 6.07) is 11.1. The van der Waals surface area contributed by atoms with E-state index >= 15 is 0 Å². The molecule has 3 aliphatic rings. The Hall–Kier alpha value is -4.06. The molecule has 1 unspecified atom stereocenters. The molecule has 6 rings (SSSR count). The van der Waals surface area contributed by atoms with Gasteiger partial charge in [0.05, 0.1) is 42.7 Å². The van der Waals surface area contributed by atoms with E-state index in [0.717, 1.165) is 21.6 Å². The molecule has 5 heterocycles. The van der Waals surface area contributed by atoms with E-state index in [1.54, 1.807) is 25.4 Å². The number of aromatic nitrogens is 2. The van der Waals surface area contributed by atoms with Crippen LogP contribution in [0.25, 0.3) is 11.0 Å². The molecule has 0 aliphatic carbocycles. The molecule has 0 radical (unpaired) electrons. The summed E-state index contributed by atoms with van der Waals surface area (Å²) >= 11 is 1.46. The quantitative estimate of drug-likeness (QED) is 0.527. The van der Waals surface area contributed by atoms with Crippen LogP contribution in [0.5, 0.6) is 5.88 Å². The molecule has 1 aromatic carbocycles. The normalized spacial score (nSPS) is 19.3. The van der Waals surface area contributed by atoms with Gasteiger partial charge in [-0.2, -0.15) is 0 Å². The van der Waals surface area contributed by atoms with Crippen LogP contribution in [-0.4, -0.2) is 84.5 Å². The largest absolute Gasteiger partial charge is 0.481 e. The first kappa shape index (κ1) is 24.3. The summed E-state index contributed by atoms with van der Waals surface area (Å²) in [6.45, 7) is 2.69. The van der Waals surface area contributed by atoms with Gasteiger partial charge in [-0.15, -0.1) is 11.8 Å². The summed E-state index contributed by atoms with van der Waals surface area (Å²) in [7, 11) is 1.58. The Labute approximate surface area is 223 Å². The highest BCUT2D eigenvalue weighted by Crippen LogP contribution is 2.36. The minimum Gasteiger partial charge on any atom is -0.481 e. The lowest BCUT2D eigenvalue weighted by atomic mass is 10.2. The SMILES string of the molecule is COc1ccc2nccc(N3CCN(C(=O)CC4CN(c5ccc6c(c5)NC(=O)CS6)C(=O)O4)CC3)c2n1. The van der Waals surface area contributed by atoms with E-state index in [1.165, 1.54) is 16.7 Å². The van der Waals surface area contributed by atoms with Crippen molar-refractivity contribution in [3.8, 4) is 5.88 Å². The van der Waals surface area contributed by atoms with Crippen LogP contribution in [0.2, 0.25) is 0 Å². The zero-order valence-electron chi connectivity index (χ0n) is 20.8. The van der Waals surface area contributed by atoms with E-state index in [4.69, 9.17) is 9.47 Å². The summed E-state index contributed by atoms with van der Waals surface area (Å²) in [4.78, 5) is 52.9. The van der Waals surface area contributed by atoms with Crippen LogP contribution in [0.3, 0.4) is 0 Å². The van der Waals surface area contributed by atoms with Crippen LogP contribution < -0.4 is 19.9 Å². The summed E-state index contributed by atoms with van der Waals surface area (Å²) in [5.74, 6) is 0.791. The van der Waals surface area contributed by atoms with Crippen LogP contribution in [0.4, 0.5) is 21.9 Å². The average Bonchev–Trinajstić information content (AvgIpc) is 3.31. The number of nitrogens with zero attached hydrogens (tertiary/aromatic N) is 5. The highest BCUT2D eigenvalue weighted by atomic mass is 32.2. The standard InChI is InChI=1S/C26H26N6O5S/c1-36-23-5-3-18-25(29-23)20(6-7-27-18)30-8-10-31(11-9-30)24(34)13-17-14-32(26(35)37-17)16-2-4-21-19(12-16)28-22(33)15-38-21/h2-7,12,17H,8-11,13-15H2,1H3,(H,28,33). The number of piperazine rings is 1. The number of fused-ring (bicyclic) bond motifs is 2. The number of hydrogen-bond acceptors (Lipinski definition) is 9. The van der Waals surface area contributed by atoms with Crippen molar-refractivity contribution in [2.24, 2.45) is 0 Å². The molecule has 0 spiro atoms. The molecule has 11 nitrogen and oxygen atoms in total. The van der Waals surface area contributed by atoms with Crippen LogP contribution >= 0.6 is 11.8 Å². The number of hydrogen-bond donors (Lipinski definition) is 1. The fourth-order valence-electron chi connectivity index (χ4n) is 4.96. The van der Waals surface area contributed by atoms with Gasteiger partial charge in [0, 0.05) is 49.0 Å². The number of cyclic esters (lactones) is 1. The first-order valence-electron chi connectivity index (χ1n) is 12.4. The lowest BCUT2D eigenvalue weighted by molar-refractivity contribution is -0.133. The summed E-state index contributed by atoms with van der Waals surface area (Å²) in [6.07, 6.45) is 0.860. The second-order valence-corrected chi connectivity index (χ2v) is 10.3. The number of nitrogens with one attached hydrogen (secondary N) is 1. The van der Waals surface area contributed by atoms with Crippen molar-refractivity contribution in [3.05, 3.63) is 42.6 Å². The molecule has 2 aromatic heterocycles. The van der Waals surface area contributed by atoms with Gasteiger partial charge in [0.15, 0.2) is 0 Å². The molecule has 2 saturated heterocycles. The third-order valence-corrected chi connectivity index (χ3v) is 7.98. The number of carbonyl (C=O) groups is 3. The molecule has 3 aromatic rings. The van der Waals surface area contributed by atoms with Gasteiger partial charge in [-0.3, -0.25) is 19.5 Å². The maximum absolute atomic E-state index is 13.1. The number of benzene rings is 1. The van der Waals surface area contributed by atoms with Gasteiger partial charge in [0.2, 0.25) is 17.7 Å². The summed E-state index contributed by atoms with van der Waals surface area (Å²) in [5.41, 5.74) is 3.83. The highest BCUT2D eigenvalue weighted by molar-refractivity contribution is 8.00. The Balaban J connectivity index is 1.07. The van der Waals surface area contributed by atoms with Crippen molar-refractivity contribution < 1.29 is 23.9 Å². The number of carbonyl (C=O) groups excluding carboxylic acids is 3. The lowest BCUT2D eigenvalue weighted by Gasteiger charge is -2.36. The van der Waals surface area contributed by atoms with Crippen molar-refractivity contribution in [2.75, 3.05) is 60.7 Å². The Kier molecular flexibility index (Phi) is 6.40. The Morgan fingerprint density at radius 2 is 2.00 bits per heavy atom. The molecular formula is C26H26N6O5S. The molecule has 12 heteroatoms. The van der Waals surface area contributed by atoms with Crippen LogP contribution in [0.1, 0.15) is 6.42 Å². The molecule has 2 fully saturated rings. The summed E-state index contributed by atoms with van der Waals surface area (Å²) in [5, 5.41) is 2.84. The zero-order chi connectivity index (χ0) is 26.2. The van der Waals surface area contributed by atoms with Crippen molar-refractivity contribution in [1.82, 2.24) is 14.9 Å². The van der Waals surface area contributed by atoms with Gasteiger partial charge in [-0.1, -0.05) is 0 Å². The van der Waals surface area contributed by atoms with Gasteiger partial charge < -0.3 is 24.6 Å². The molecule has 0 bridgehead atoms. The predicted octanol–water partition coefficient (Wildman–Crippen LogP) is 2.75. The minimum absolute atomic E-state index is 0.0437. The molecule has 3 aliphatic heterocycles. The Bertz CT molecular complexity index is 1430. The topological polar surface area (TPSA) is 117 Å². The highest BCUT2D eigenvalue weighted by Gasteiger charge is 2.35. The van der Waals surface area contributed by atoms with Gasteiger partial charge in [0.1, 0.15) is 11.6 Å². The van der Waals surface area contributed by atoms with E-state index in [-0.39, 0.29) is 24.8 Å². The zero-order valence-corrected chi connectivity index (χ0v) is 21.6. The van der Waals surface area contributed by atoms with Crippen LogP contribution in [0, 0.1) is 0 Å².